The lowest BCUT2D eigenvalue weighted by atomic mass is 10.2. The van der Waals surface area contributed by atoms with Crippen LogP contribution >= 0.6 is 0 Å². The van der Waals surface area contributed by atoms with Crippen LogP contribution in [-0.4, -0.2) is 33.4 Å². The Hall–Kier alpha value is -1.56. The SMILES string of the molecule is CCC(CO)NC(=O)Cn1cc(N)cn1. The minimum absolute atomic E-state index is 0.0521. The van der Waals surface area contributed by atoms with Gasteiger partial charge in [0.15, 0.2) is 0 Å². The highest BCUT2D eigenvalue weighted by atomic mass is 16.3. The van der Waals surface area contributed by atoms with Gasteiger partial charge in [0.1, 0.15) is 6.54 Å². The van der Waals surface area contributed by atoms with Gasteiger partial charge in [-0.2, -0.15) is 5.10 Å². The molecule has 0 aliphatic rings. The molecule has 0 spiro atoms. The lowest BCUT2D eigenvalue weighted by Crippen LogP contribution is -2.38. The summed E-state index contributed by atoms with van der Waals surface area (Å²) in [4.78, 5) is 11.4. The molecule has 1 rings (SSSR count). The second kappa shape index (κ2) is 5.35. The number of amides is 1. The van der Waals surface area contributed by atoms with Gasteiger partial charge < -0.3 is 16.2 Å². The Bertz CT molecular complexity index is 320. The first-order valence-electron chi connectivity index (χ1n) is 4.83. The summed E-state index contributed by atoms with van der Waals surface area (Å²) >= 11 is 0. The highest BCUT2D eigenvalue weighted by Gasteiger charge is 2.09. The molecule has 0 aromatic carbocycles. The van der Waals surface area contributed by atoms with Gasteiger partial charge in [-0.15, -0.1) is 0 Å². The van der Waals surface area contributed by atoms with Crippen LogP contribution in [0.2, 0.25) is 0 Å². The van der Waals surface area contributed by atoms with E-state index in [-0.39, 0.29) is 25.1 Å². The molecule has 4 N–H and O–H groups in total. The fourth-order valence-electron chi connectivity index (χ4n) is 1.16. The average molecular weight is 212 g/mol. The molecule has 1 amide bonds. The number of nitrogens with zero attached hydrogens (tertiary/aromatic N) is 2. The quantitative estimate of drug-likeness (QED) is 0.604. The third-order valence-electron chi connectivity index (χ3n) is 2.04. The van der Waals surface area contributed by atoms with Crippen LogP contribution in [0.4, 0.5) is 5.69 Å². The molecule has 0 fully saturated rings. The molecule has 1 atom stereocenters. The van der Waals surface area contributed by atoms with Crippen LogP contribution in [0.15, 0.2) is 12.4 Å². The molecular weight excluding hydrogens is 196 g/mol. The molecule has 1 aromatic rings. The molecule has 6 nitrogen and oxygen atoms in total. The van der Waals surface area contributed by atoms with Gasteiger partial charge in [-0.1, -0.05) is 6.92 Å². The summed E-state index contributed by atoms with van der Waals surface area (Å²) < 4.78 is 1.45. The van der Waals surface area contributed by atoms with E-state index in [1.54, 1.807) is 6.20 Å². The second-order valence-corrected chi connectivity index (χ2v) is 3.33. The van der Waals surface area contributed by atoms with E-state index in [9.17, 15) is 4.79 Å². The van der Waals surface area contributed by atoms with Gasteiger partial charge >= 0.3 is 0 Å². The molecule has 1 unspecified atom stereocenters. The van der Waals surface area contributed by atoms with Crippen LogP contribution in [0.5, 0.6) is 0 Å². The molecule has 15 heavy (non-hydrogen) atoms. The van der Waals surface area contributed by atoms with Crippen molar-refractivity contribution < 1.29 is 9.90 Å². The van der Waals surface area contributed by atoms with Crippen molar-refractivity contribution in [1.29, 1.82) is 0 Å². The first-order chi connectivity index (χ1) is 7.15. The third kappa shape index (κ3) is 3.59. The molecule has 0 saturated carbocycles. The smallest absolute Gasteiger partial charge is 0.242 e. The maximum atomic E-state index is 11.4. The van der Waals surface area contributed by atoms with Crippen molar-refractivity contribution in [3.8, 4) is 0 Å². The van der Waals surface area contributed by atoms with E-state index in [2.05, 4.69) is 10.4 Å². The Morgan fingerprint density at radius 3 is 3.00 bits per heavy atom. The maximum Gasteiger partial charge on any atom is 0.242 e. The van der Waals surface area contributed by atoms with Gasteiger partial charge in [-0.25, -0.2) is 0 Å². The Morgan fingerprint density at radius 2 is 2.53 bits per heavy atom. The zero-order chi connectivity index (χ0) is 11.3. The highest BCUT2D eigenvalue weighted by molar-refractivity contribution is 5.76. The van der Waals surface area contributed by atoms with Gasteiger partial charge in [0.2, 0.25) is 5.91 Å². The molecule has 0 saturated heterocycles. The van der Waals surface area contributed by atoms with Crippen LogP contribution in [-0.2, 0) is 11.3 Å². The van der Waals surface area contributed by atoms with Gasteiger partial charge in [0.05, 0.1) is 24.5 Å². The second-order valence-electron chi connectivity index (χ2n) is 3.33. The number of aliphatic hydroxyl groups excluding tert-OH is 1. The molecule has 1 aromatic heterocycles. The predicted octanol–water partition coefficient (Wildman–Crippen LogP) is -0.648. The molecule has 84 valence electrons. The summed E-state index contributed by atoms with van der Waals surface area (Å²) in [6.45, 7) is 1.96. The van der Waals surface area contributed by atoms with Gasteiger partial charge in [0, 0.05) is 6.20 Å². The molecule has 1 heterocycles. The van der Waals surface area contributed by atoms with E-state index in [1.165, 1.54) is 10.9 Å². The number of carbonyl (C=O) groups is 1. The van der Waals surface area contributed by atoms with Crippen LogP contribution in [0.1, 0.15) is 13.3 Å². The predicted molar refractivity (Wildman–Crippen MR) is 55.9 cm³/mol. The topological polar surface area (TPSA) is 93.2 Å². The van der Waals surface area contributed by atoms with Crippen LogP contribution in [0.25, 0.3) is 0 Å². The Balaban J connectivity index is 2.42. The van der Waals surface area contributed by atoms with Crippen molar-refractivity contribution in [3.63, 3.8) is 0 Å². The van der Waals surface area contributed by atoms with E-state index in [0.29, 0.717) is 12.1 Å². The molecule has 6 heteroatoms. The number of hydrogen-bond donors (Lipinski definition) is 3. The standard InChI is InChI=1S/C9H16N4O2/c1-2-8(6-14)12-9(15)5-13-4-7(10)3-11-13/h3-4,8,14H,2,5-6,10H2,1H3,(H,12,15). The van der Waals surface area contributed by atoms with Gasteiger partial charge in [-0.3, -0.25) is 9.48 Å². The van der Waals surface area contributed by atoms with Crippen molar-refractivity contribution in [1.82, 2.24) is 15.1 Å². The monoisotopic (exact) mass is 212 g/mol. The lowest BCUT2D eigenvalue weighted by Gasteiger charge is -2.13. The summed E-state index contributed by atoms with van der Waals surface area (Å²) in [5.74, 6) is -0.181. The minimum atomic E-state index is -0.189. The molecule has 0 bridgehead atoms. The molecule has 0 radical (unpaired) electrons. The van der Waals surface area contributed by atoms with Crippen molar-refractivity contribution in [2.75, 3.05) is 12.3 Å². The van der Waals surface area contributed by atoms with Crippen molar-refractivity contribution >= 4 is 11.6 Å². The number of anilines is 1. The fourth-order valence-corrected chi connectivity index (χ4v) is 1.16. The maximum absolute atomic E-state index is 11.4. The van der Waals surface area contributed by atoms with Gasteiger partial charge in [-0.05, 0) is 6.42 Å². The molecule has 0 aliphatic carbocycles. The third-order valence-corrected chi connectivity index (χ3v) is 2.04. The van der Waals surface area contributed by atoms with Crippen LogP contribution < -0.4 is 11.1 Å². The first kappa shape index (κ1) is 11.5. The largest absolute Gasteiger partial charge is 0.396 e. The zero-order valence-corrected chi connectivity index (χ0v) is 8.68. The summed E-state index contributed by atoms with van der Waals surface area (Å²) in [6.07, 6.45) is 3.76. The average Bonchev–Trinajstić information content (AvgIpc) is 2.60. The van der Waals surface area contributed by atoms with Crippen LogP contribution in [0.3, 0.4) is 0 Å². The Labute approximate surface area is 88.1 Å². The van der Waals surface area contributed by atoms with E-state index in [4.69, 9.17) is 10.8 Å². The fraction of sp³-hybridized carbons (Fsp3) is 0.556. The van der Waals surface area contributed by atoms with Gasteiger partial charge in [0.25, 0.3) is 0 Å². The number of nitrogens with one attached hydrogen (secondary N) is 1. The minimum Gasteiger partial charge on any atom is -0.396 e. The number of rotatable bonds is 5. The molecular formula is C9H16N4O2. The Morgan fingerprint density at radius 1 is 1.80 bits per heavy atom. The van der Waals surface area contributed by atoms with Crippen molar-refractivity contribution in [2.45, 2.75) is 25.9 Å². The summed E-state index contributed by atoms with van der Waals surface area (Å²) in [7, 11) is 0. The van der Waals surface area contributed by atoms with Crippen molar-refractivity contribution in [2.24, 2.45) is 0 Å². The number of aliphatic hydroxyl groups is 1. The van der Waals surface area contributed by atoms with E-state index >= 15 is 0 Å². The number of hydrogen-bond acceptors (Lipinski definition) is 4. The van der Waals surface area contributed by atoms with E-state index < -0.39 is 0 Å². The van der Waals surface area contributed by atoms with Crippen molar-refractivity contribution in [3.05, 3.63) is 12.4 Å². The van der Waals surface area contributed by atoms with Crippen LogP contribution in [0, 0.1) is 0 Å². The molecule has 0 aliphatic heterocycles. The lowest BCUT2D eigenvalue weighted by molar-refractivity contribution is -0.122. The Kier molecular flexibility index (Phi) is 4.11. The number of carbonyl (C=O) groups excluding carboxylic acids is 1. The normalized spacial score (nSPS) is 12.4. The number of nitrogen functional groups attached to an aromatic ring is 1. The first-order valence-corrected chi connectivity index (χ1v) is 4.83. The number of nitrogens with two attached hydrogens (primary N) is 1. The zero-order valence-electron chi connectivity index (χ0n) is 8.68. The number of aromatic nitrogens is 2. The van der Waals surface area contributed by atoms with E-state index in [1.807, 2.05) is 6.92 Å². The highest BCUT2D eigenvalue weighted by Crippen LogP contribution is 1.97. The summed E-state index contributed by atoms with van der Waals surface area (Å²) in [5, 5.41) is 15.5. The van der Waals surface area contributed by atoms with E-state index in [0.717, 1.165) is 0 Å². The summed E-state index contributed by atoms with van der Waals surface area (Å²) in [6, 6.07) is -0.189. The summed E-state index contributed by atoms with van der Waals surface area (Å²) in [5.41, 5.74) is 5.98.